The Hall–Kier alpha value is -2.43. The lowest BCUT2D eigenvalue weighted by Gasteiger charge is -2.30. The predicted molar refractivity (Wildman–Crippen MR) is 104 cm³/mol. The summed E-state index contributed by atoms with van der Waals surface area (Å²) in [6, 6.07) is 4.72. The van der Waals surface area contributed by atoms with E-state index in [0.29, 0.717) is 23.6 Å². The van der Waals surface area contributed by atoms with Gasteiger partial charge in [-0.2, -0.15) is 0 Å². The van der Waals surface area contributed by atoms with Crippen LogP contribution in [-0.2, 0) is 0 Å². The van der Waals surface area contributed by atoms with Crippen molar-refractivity contribution >= 4 is 11.6 Å². The summed E-state index contributed by atoms with van der Waals surface area (Å²) in [4.78, 5) is 25.5. The monoisotopic (exact) mass is 356 g/mol. The van der Waals surface area contributed by atoms with Crippen molar-refractivity contribution in [3.63, 3.8) is 0 Å². The second kappa shape index (κ2) is 8.30. The normalized spacial score (nSPS) is 17.0. The summed E-state index contributed by atoms with van der Waals surface area (Å²) in [6.07, 6.45) is 5.23. The highest BCUT2D eigenvalue weighted by Crippen LogP contribution is 2.29. The van der Waals surface area contributed by atoms with Crippen LogP contribution in [0.4, 0.5) is 5.69 Å². The van der Waals surface area contributed by atoms with E-state index in [0.717, 1.165) is 19.3 Å². The van der Waals surface area contributed by atoms with Gasteiger partial charge >= 0.3 is 0 Å². The molecule has 140 valence electrons. The Labute approximate surface area is 155 Å². The smallest absolute Gasteiger partial charge is 0.273 e. The van der Waals surface area contributed by atoms with Crippen LogP contribution in [-0.4, -0.2) is 28.3 Å². The van der Waals surface area contributed by atoms with Gasteiger partial charge in [0.1, 0.15) is 0 Å². The van der Waals surface area contributed by atoms with E-state index in [-0.39, 0.29) is 17.6 Å². The first-order valence-electron chi connectivity index (χ1n) is 9.10. The zero-order valence-electron chi connectivity index (χ0n) is 16.1. The standard InChI is InChI=1S/C21H28N2O3/c1-14(2)18-10-7-17(8-11-18)13-22(15(3)4)21(24)19-9-6-16(5)20(12-19)23(25)26/h6-7,9,12,15,18H,1,8,10-11,13H2,2-5H3. The van der Waals surface area contributed by atoms with Crippen molar-refractivity contribution in [2.75, 3.05) is 6.54 Å². The SMILES string of the molecule is C=C(C)C1CC=C(CN(C(=O)c2ccc(C)c([N+](=O)[O-])c2)C(C)C)CC1. The highest BCUT2D eigenvalue weighted by Gasteiger charge is 2.24. The molecule has 5 nitrogen and oxygen atoms in total. The van der Waals surface area contributed by atoms with E-state index in [2.05, 4.69) is 19.6 Å². The number of carbonyl (C=O) groups excluding carboxylic acids is 1. The largest absolute Gasteiger partial charge is 0.332 e. The van der Waals surface area contributed by atoms with Crippen molar-refractivity contribution in [3.8, 4) is 0 Å². The highest BCUT2D eigenvalue weighted by molar-refractivity contribution is 5.95. The van der Waals surface area contributed by atoms with Crippen LogP contribution in [0.25, 0.3) is 0 Å². The fraction of sp³-hybridized carbons (Fsp3) is 0.476. The number of carbonyl (C=O) groups is 1. The Bertz CT molecular complexity index is 750. The Morgan fingerprint density at radius 3 is 2.62 bits per heavy atom. The molecule has 0 spiro atoms. The molecule has 0 bridgehead atoms. The number of benzene rings is 1. The van der Waals surface area contributed by atoms with Crippen molar-refractivity contribution in [2.45, 2.75) is 53.0 Å². The third-order valence-corrected chi connectivity index (χ3v) is 5.11. The minimum atomic E-state index is -0.437. The molecular formula is C21H28N2O3. The van der Waals surface area contributed by atoms with E-state index >= 15 is 0 Å². The van der Waals surface area contributed by atoms with Gasteiger partial charge in [0.15, 0.2) is 0 Å². The van der Waals surface area contributed by atoms with Crippen molar-refractivity contribution < 1.29 is 9.72 Å². The molecule has 26 heavy (non-hydrogen) atoms. The van der Waals surface area contributed by atoms with Gasteiger partial charge in [-0.15, -0.1) is 0 Å². The molecule has 1 aromatic rings. The molecule has 0 fully saturated rings. The van der Waals surface area contributed by atoms with E-state index in [1.54, 1.807) is 24.0 Å². The van der Waals surface area contributed by atoms with Crippen LogP contribution in [0.1, 0.15) is 56.0 Å². The average Bonchev–Trinajstić information content (AvgIpc) is 2.59. The summed E-state index contributed by atoms with van der Waals surface area (Å²) in [7, 11) is 0. The van der Waals surface area contributed by atoms with Gasteiger partial charge in [-0.25, -0.2) is 0 Å². The average molecular weight is 356 g/mol. The van der Waals surface area contributed by atoms with Gasteiger partial charge in [0, 0.05) is 29.8 Å². The molecule has 1 aliphatic carbocycles. The second-order valence-electron chi connectivity index (χ2n) is 7.47. The summed E-state index contributed by atoms with van der Waals surface area (Å²) >= 11 is 0. The fourth-order valence-electron chi connectivity index (χ4n) is 3.29. The fourth-order valence-corrected chi connectivity index (χ4v) is 3.29. The van der Waals surface area contributed by atoms with Gasteiger partial charge in [-0.05, 0) is 58.9 Å². The molecule has 0 N–H and O–H groups in total. The number of hydrogen-bond donors (Lipinski definition) is 0. The molecule has 1 aromatic carbocycles. The number of rotatable bonds is 6. The molecule has 2 rings (SSSR count). The predicted octanol–water partition coefficient (Wildman–Crippen LogP) is 5.06. The molecule has 0 saturated heterocycles. The van der Waals surface area contributed by atoms with Gasteiger partial charge in [-0.3, -0.25) is 14.9 Å². The molecule has 0 radical (unpaired) electrons. The number of nitro benzene ring substituents is 1. The maximum atomic E-state index is 13.0. The molecule has 0 heterocycles. The van der Waals surface area contributed by atoms with Crippen LogP contribution in [0.5, 0.6) is 0 Å². The molecular weight excluding hydrogens is 328 g/mol. The summed E-state index contributed by atoms with van der Waals surface area (Å²) in [5.74, 6) is 0.368. The van der Waals surface area contributed by atoms with Crippen molar-refractivity contribution in [2.24, 2.45) is 5.92 Å². The first-order valence-corrected chi connectivity index (χ1v) is 9.10. The molecule has 0 aromatic heterocycles. The quantitative estimate of drug-likeness (QED) is 0.407. The van der Waals surface area contributed by atoms with E-state index in [1.807, 2.05) is 13.8 Å². The minimum absolute atomic E-state index is 0.0132. The first-order chi connectivity index (χ1) is 12.2. The molecule has 0 aliphatic heterocycles. The number of nitro groups is 1. The van der Waals surface area contributed by atoms with Gasteiger partial charge in [0.25, 0.3) is 11.6 Å². The van der Waals surface area contributed by atoms with Gasteiger partial charge in [0.05, 0.1) is 4.92 Å². The second-order valence-corrected chi connectivity index (χ2v) is 7.47. The van der Waals surface area contributed by atoms with Crippen LogP contribution in [0.3, 0.4) is 0 Å². The Balaban J connectivity index is 2.20. The van der Waals surface area contributed by atoms with E-state index in [1.165, 1.54) is 17.2 Å². The zero-order chi connectivity index (χ0) is 19.4. The summed E-state index contributed by atoms with van der Waals surface area (Å²) in [5.41, 5.74) is 3.38. The molecule has 1 unspecified atom stereocenters. The summed E-state index contributed by atoms with van der Waals surface area (Å²) in [6.45, 7) is 12.3. The zero-order valence-corrected chi connectivity index (χ0v) is 16.1. The molecule has 0 saturated carbocycles. The van der Waals surface area contributed by atoms with Crippen LogP contribution < -0.4 is 0 Å². The molecule has 1 amide bonds. The van der Waals surface area contributed by atoms with Crippen molar-refractivity contribution in [1.82, 2.24) is 4.90 Å². The van der Waals surface area contributed by atoms with Crippen LogP contribution in [0, 0.1) is 23.0 Å². The Morgan fingerprint density at radius 2 is 2.12 bits per heavy atom. The van der Waals surface area contributed by atoms with Crippen LogP contribution >= 0.6 is 0 Å². The maximum absolute atomic E-state index is 13.0. The number of allylic oxidation sites excluding steroid dienone is 2. The third kappa shape index (κ3) is 4.59. The lowest BCUT2D eigenvalue weighted by atomic mass is 9.85. The lowest BCUT2D eigenvalue weighted by molar-refractivity contribution is -0.385. The summed E-state index contributed by atoms with van der Waals surface area (Å²) in [5, 5.41) is 11.2. The third-order valence-electron chi connectivity index (χ3n) is 5.11. The topological polar surface area (TPSA) is 63.5 Å². The lowest BCUT2D eigenvalue weighted by Crippen LogP contribution is -2.38. The van der Waals surface area contributed by atoms with E-state index in [4.69, 9.17) is 0 Å². The minimum Gasteiger partial charge on any atom is -0.332 e. The Kier molecular flexibility index (Phi) is 6.35. The van der Waals surface area contributed by atoms with Crippen molar-refractivity contribution in [3.05, 3.63) is 63.2 Å². The van der Waals surface area contributed by atoms with Crippen LogP contribution in [0.15, 0.2) is 42.0 Å². The van der Waals surface area contributed by atoms with Crippen LogP contribution in [0.2, 0.25) is 0 Å². The van der Waals surface area contributed by atoms with E-state index < -0.39 is 4.92 Å². The summed E-state index contributed by atoms with van der Waals surface area (Å²) < 4.78 is 0. The maximum Gasteiger partial charge on any atom is 0.273 e. The Morgan fingerprint density at radius 1 is 1.42 bits per heavy atom. The molecule has 1 atom stereocenters. The van der Waals surface area contributed by atoms with Gasteiger partial charge < -0.3 is 4.90 Å². The van der Waals surface area contributed by atoms with Gasteiger partial charge in [0.2, 0.25) is 0 Å². The van der Waals surface area contributed by atoms with Gasteiger partial charge in [-0.1, -0.05) is 29.9 Å². The van der Waals surface area contributed by atoms with Crippen molar-refractivity contribution in [1.29, 1.82) is 0 Å². The number of hydrogen-bond acceptors (Lipinski definition) is 3. The number of nitrogens with zero attached hydrogens (tertiary/aromatic N) is 2. The molecule has 5 heteroatoms. The number of amides is 1. The highest BCUT2D eigenvalue weighted by atomic mass is 16.6. The first kappa shape index (κ1) is 19.9. The van der Waals surface area contributed by atoms with E-state index in [9.17, 15) is 14.9 Å². The molecule has 1 aliphatic rings. The number of aryl methyl sites for hydroxylation is 1.